The molecule has 1 nitrogen and oxygen atoms in total. The summed E-state index contributed by atoms with van der Waals surface area (Å²) in [5.74, 6) is 0.558. The Labute approximate surface area is 101 Å². The Morgan fingerprint density at radius 1 is 1.27 bits per heavy atom. The Morgan fingerprint density at radius 2 is 1.87 bits per heavy atom. The molecule has 0 aliphatic carbocycles. The molecule has 1 aromatic rings. The summed E-state index contributed by atoms with van der Waals surface area (Å²) in [6, 6.07) is 6.59. The fraction of sp³-hybridized carbons (Fsp3) is 0.538. The van der Waals surface area contributed by atoms with Gasteiger partial charge in [-0.15, -0.1) is 0 Å². The minimum atomic E-state index is -0.144. The SMILES string of the molecule is CC(C)c1cc(Br)cc(CC(C)(C)N)c1. The first kappa shape index (κ1) is 12.7. The molecule has 84 valence electrons. The van der Waals surface area contributed by atoms with Crippen LogP contribution in [0, 0.1) is 0 Å². The van der Waals surface area contributed by atoms with Crippen LogP contribution in [-0.2, 0) is 6.42 Å². The average molecular weight is 270 g/mol. The van der Waals surface area contributed by atoms with Crippen LogP contribution in [0.25, 0.3) is 0 Å². The molecule has 0 aliphatic heterocycles. The topological polar surface area (TPSA) is 26.0 Å². The first-order chi connectivity index (χ1) is 6.78. The van der Waals surface area contributed by atoms with Gasteiger partial charge in [0, 0.05) is 10.0 Å². The first-order valence-electron chi connectivity index (χ1n) is 5.36. The maximum Gasteiger partial charge on any atom is 0.0180 e. The molecule has 0 radical (unpaired) electrons. The molecule has 0 fully saturated rings. The molecule has 0 saturated heterocycles. The Bertz CT molecular complexity index is 337. The maximum absolute atomic E-state index is 6.03. The van der Waals surface area contributed by atoms with Crippen molar-refractivity contribution in [3.05, 3.63) is 33.8 Å². The number of nitrogens with two attached hydrogens (primary N) is 1. The van der Waals surface area contributed by atoms with Gasteiger partial charge in [0.15, 0.2) is 0 Å². The van der Waals surface area contributed by atoms with Crippen LogP contribution in [-0.4, -0.2) is 5.54 Å². The first-order valence-corrected chi connectivity index (χ1v) is 6.15. The third-order valence-electron chi connectivity index (χ3n) is 2.31. The van der Waals surface area contributed by atoms with Crippen molar-refractivity contribution in [1.82, 2.24) is 0 Å². The lowest BCUT2D eigenvalue weighted by molar-refractivity contribution is 0.516. The molecule has 0 amide bonds. The van der Waals surface area contributed by atoms with Gasteiger partial charge < -0.3 is 5.73 Å². The summed E-state index contributed by atoms with van der Waals surface area (Å²) in [6.45, 7) is 8.53. The van der Waals surface area contributed by atoms with Crippen molar-refractivity contribution in [2.45, 2.75) is 45.6 Å². The highest BCUT2D eigenvalue weighted by molar-refractivity contribution is 9.10. The van der Waals surface area contributed by atoms with Gasteiger partial charge in [-0.1, -0.05) is 35.8 Å². The highest BCUT2D eigenvalue weighted by atomic mass is 79.9. The molecule has 0 aliphatic rings. The monoisotopic (exact) mass is 269 g/mol. The zero-order valence-electron chi connectivity index (χ0n) is 9.97. The zero-order chi connectivity index (χ0) is 11.6. The Kier molecular flexibility index (Phi) is 3.96. The standard InChI is InChI=1S/C13H20BrN/c1-9(2)11-5-10(6-12(14)7-11)8-13(3,4)15/h5-7,9H,8,15H2,1-4H3. The van der Waals surface area contributed by atoms with Crippen LogP contribution in [0.3, 0.4) is 0 Å². The molecule has 0 spiro atoms. The van der Waals surface area contributed by atoms with Crippen LogP contribution in [0.1, 0.15) is 44.7 Å². The minimum absolute atomic E-state index is 0.144. The Balaban J connectivity index is 2.99. The van der Waals surface area contributed by atoms with E-state index < -0.39 is 0 Å². The normalized spacial score (nSPS) is 12.2. The summed E-state index contributed by atoms with van der Waals surface area (Å²) >= 11 is 3.55. The van der Waals surface area contributed by atoms with Crippen LogP contribution in [0.15, 0.2) is 22.7 Å². The molecule has 0 saturated carbocycles. The third kappa shape index (κ3) is 4.35. The molecular weight excluding hydrogens is 250 g/mol. The lowest BCUT2D eigenvalue weighted by Gasteiger charge is -2.19. The number of rotatable bonds is 3. The maximum atomic E-state index is 6.03. The van der Waals surface area contributed by atoms with E-state index in [0.29, 0.717) is 5.92 Å². The summed E-state index contributed by atoms with van der Waals surface area (Å²) in [7, 11) is 0. The lowest BCUT2D eigenvalue weighted by atomic mass is 9.93. The van der Waals surface area contributed by atoms with E-state index in [0.717, 1.165) is 10.9 Å². The summed E-state index contributed by atoms with van der Waals surface area (Å²) in [5, 5.41) is 0. The van der Waals surface area contributed by atoms with Gasteiger partial charge in [-0.2, -0.15) is 0 Å². The number of hydrogen-bond donors (Lipinski definition) is 1. The van der Waals surface area contributed by atoms with Crippen LogP contribution < -0.4 is 5.73 Å². The van der Waals surface area contributed by atoms with E-state index in [9.17, 15) is 0 Å². The van der Waals surface area contributed by atoms with Crippen molar-refractivity contribution in [3.63, 3.8) is 0 Å². The highest BCUT2D eigenvalue weighted by Gasteiger charge is 2.13. The van der Waals surface area contributed by atoms with Gasteiger partial charge >= 0.3 is 0 Å². The molecule has 1 aromatic carbocycles. The second-order valence-corrected chi connectivity index (χ2v) is 6.13. The van der Waals surface area contributed by atoms with E-state index in [1.165, 1.54) is 11.1 Å². The fourth-order valence-electron chi connectivity index (χ4n) is 1.64. The van der Waals surface area contributed by atoms with E-state index in [4.69, 9.17) is 5.73 Å². The second-order valence-electron chi connectivity index (χ2n) is 5.21. The number of halogens is 1. The second kappa shape index (κ2) is 4.67. The molecule has 15 heavy (non-hydrogen) atoms. The van der Waals surface area contributed by atoms with Crippen molar-refractivity contribution < 1.29 is 0 Å². The number of benzene rings is 1. The van der Waals surface area contributed by atoms with E-state index in [1.807, 2.05) is 0 Å². The van der Waals surface area contributed by atoms with Gasteiger partial charge in [0.05, 0.1) is 0 Å². The van der Waals surface area contributed by atoms with Crippen LogP contribution in [0.5, 0.6) is 0 Å². The smallest absolute Gasteiger partial charge is 0.0180 e. The molecule has 1 rings (SSSR count). The van der Waals surface area contributed by atoms with Gasteiger partial charge in [0.1, 0.15) is 0 Å². The minimum Gasteiger partial charge on any atom is -0.325 e. The third-order valence-corrected chi connectivity index (χ3v) is 2.76. The van der Waals surface area contributed by atoms with E-state index in [2.05, 4.69) is 61.8 Å². The molecule has 0 heterocycles. The predicted molar refractivity (Wildman–Crippen MR) is 70.2 cm³/mol. The summed E-state index contributed by atoms with van der Waals surface area (Å²) < 4.78 is 1.15. The summed E-state index contributed by atoms with van der Waals surface area (Å²) in [6.07, 6.45) is 0.909. The largest absolute Gasteiger partial charge is 0.325 e. The molecular formula is C13H20BrN. The molecule has 0 unspecified atom stereocenters. The van der Waals surface area contributed by atoms with Crippen molar-refractivity contribution in [2.24, 2.45) is 5.73 Å². The van der Waals surface area contributed by atoms with Crippen molar-refractivity contribution >= 4 is 15.9 Å². The highest BCUT2D eigenvalue weighted by Crippen LogP contribution is 2.23. The average Bonchev–Trinajstić information content (AvgIpc) is 1.99. The van der Waals surface area contributed by atoms with E-state index >= 15 is 0 Å². The van der Waals surface area contributed by atoms with Gasteiger partial charge in [-0.05, 0) is 49.4 Å². The predicted octanol–water partition coefficient (Wildman–Crippen LogP) is 3.85. The van der Waals surface area contributed by atoms with Gasteiger partial charge in [-0.25, -0.2) is 0 Å². The van der Waals surface area contributed by atoms with Gasteiger partial charge in [-0.3, -0.25) is 0 Å². The van der Waals surface area contributed by atoms with Crippen molar-refractivity contribution in [1.29, 1.82) is 0 Å². The quantitative estimate of drug-likeness (QED) is 0.887. The molecule has 0 aromatic heterocycles. The van der Waals surface area contributed by atoms with E-state index in [-0.39, 0.29) is 5.54 Å². The van der Waals surface area contributed by atoms with Crippen LogP contribution >= 0.6 is 15.9 Å². The van der Waals surface area contributed by atoms with Gasteiger partial charge in [0.25, 0.3) is 0 Å². The van der Waals surface area contributed by atoms with E-state index in [1.54, 1.807) is 0 Å². The zero-order valence-corrected chi connectivity index (χ0v) is 11.6. The lowest BCUT2D eigenvalue weighted by Crippen LogP contribution is -2.34. The molecule has 2 heteroatoms. The fourth-order valence-corrected chi connectivity index (χ4v) is 2.20. The number of hydrogen-bond acceptors (Lipinski definition) is 1. The Morgan fingerprint density at radius 3 is 2.33 bits per heavy atom. The molecule has 2 N–H and O–H groups in total. The van der Waals surface area contributed by atoms with Crippen molar-refractivity contribution in [2.75, 3.05) is 0 Å². The summed E-state index contributed by atoms with van der Waals surface area (Å²) in [5.41, 5.74) is 8.56. The summed E-state index contributed by atoms with van der Waals surface area (Å²) in [4.78, 5) is 0. The van der Waals surface area contributed by atoms with Crippen LogP contribution in [0.4, 0.5) is 0 Å². The Hall–Kier alpha value is -0.340. The van der Waals surface area contributed by atoms with Gasteiger partial charge in [0.2, 0.25) is 0 Å². The van der Waals surface area contributed by atoms with Crippen LogP contribution in [0.2, 0.25) is 0 Å². The molecule has 0 atom stereocenters. The van der Waals surface area contributed by atoms with Crippen molar-refractivity contribution in [3.8, 4) is 0 Å². The molecule has 0 bridgehead atoms.